The van der Waals surface area contributed by atoms with E-state index in [4.69, 9.17) is 9.47 Å². The summed E-state index contributed by atoms with van der Waals surface area (Å²) < 4.78 is 11.4. The number of ketones is 1. The first-order valence-corrected chi connectivity index (χ1v) is 9.36. The molecule has 0 fully saturated rings. The van der Waals surface area contributed by atoms with Gasteiger partial charge in [-0.2, -0.15) is 0 Å². The summed E-state index contributed by atoms with van der Waals surface area (Å²) in [5.41, 5.74) is 4.61. The van der Waals surface area contributed by atoms with Gasteiger partial charge in [-0.1, -0.05) is 47.5 Å². The Kier molecular flexibility index (Phi) is 4.77. The molecule has 0 spiro atoms. The number of rotatable bonds is 3. The van der Waals surface area contributed by atoms with Crippen LogP contribution in [0.15, 0.2) is 66.4 Å². The van der Waals surface area contributed by atoms with E-state index in [-0.39, 0.29) is 11.5 Å². The van der Waals surface area contributed by atoms with Crippen molar-refractivity contribution in [2.24, 2.45) is 0 Å². The largest absolute Gasteiger partial charge is 0.452 e. The summed E-state index contributed by atoms with van der Waals surface area (Å²) in [7, 11) is 0. The van der Waals surface area contributed by atoms with Crippen molar-refractivity contribution in [3.8, 4) is 11.5 Å². The highest BCUT2D eigenvalue weighted by molar-refractivity contribution is 6.15. The van der Waals surface area contributed by atoms with Gasteiger partial charge in [0.05, 0.1) is 11.1 Å². The van der Waals surface area contributed by atoms with Gasteiger partial charge < -0.3 is 9.47 Å². The SMILES string of the molecule is Cc1ccc(C(=O)Oc2ccc3c(c2C)O/C(=C\c2cccc(C)c2)C3=O)cc1. The fourth-order valence-corrected chi connectivity index (χ4v) is 3.24. The lowest BCUT2D eigenvalue weighted by atomic mass is 10.1. The van der Waals surface area contributed by atoms with Gasteiger partial charge in [-0.3, -0.25) is 4.79 Å². The molecule has 3 aromatic rings. The third-order valence-corrected chi connectivity index (χ3v) is 4.87. The van der Waals surface area contributed by atoms with E-state index >= 15 is 0 Å². The fraction of sp³-hybridized carbons (Fsp3) is 0.120. The van der Waals surface area contributed by atoms with Crippen molar-refractivity contribution < 1.29 is 19.1 Å². The minimum absolute atomic E-state index is 0.180. The molecule has 0 N–H and O–H groups in total. The Labute approximate surface area is 169 Å². The third kappa shape index (κ3) is 3.69. The van der Waals surface area contributed by atoms with Crippen LogP contribution in [0.3, 0.4) is 0 Å². The predicted molar refractivity (Wildman–Crippen MR) is 111 cm³/mol. The summed E-state index contributed by atoms with van der Waals surface area (Å²) in [4.78, 5) is 25.2. The quantitative estimate of drug-likeness (QED) is 0.342. The van der Waals surface area contributed by atoms with Crippen molar-refractivity contribution in [3.63, 3.8) is 0 Å². The first-order chi connectivity index (χ1) is 13.9. The number of allylic oxidation sites excluding steroid dienone is 1. The Morgan fingerprint density at radius 2 is 1.69 bits per heavy atom. The molecule has 0 bridgehead atoms. The molecule has 1 heterocycles. The lowest BCUT2D eigenvalue weighted by molar-refractivity contribution is 0.0733. The van der Waals surface area contributed by atoms with Gasteiger partial charge in [-0.05, 0) is 56.7 Å². The van der Waals surface area contributed by atoms with Gasteiger partial charge in [0.2, 0.25) is 5.78 Å². The molecule has 4 rings (SSSR count). The Morgan fingerprint density at radius 3 is 2.41 bits per heavy atom. The van der Waals surface area contributed by atoms with Crippen LogP contribution in [0.25, 0.3) is 6.08 Å². The van der Waals surface area contributed by atoms with E-state index in [2.05, 4.69) is 0 Å². The molecule has 4 nitrogen and oxygen atoms in total. The summed E-state index contributed by atoms with van der Waals surface area (Å²) in [5.74, 6) is 0.437. The Morgan fingerprint density at radius 1 is 0.931 bits per heavy atom. The van der Waals surface area contributed by atoms with Gasteiger partial charge in [-0.15, -0.1) is 0 Å². The number of Topliss-reactive ketones (excluding diaryl/α,β-unsaturated/α-hetero) is 1. The van der Waals surface area contributed by atoms with Gasteiger partial charge in [0.25, 0.3) is 0 Å². The number of hydrogen-bond donors (Lipinski definition) is 0. The molecule has 0 saturated heterocycles. The standard InChI is InChI=1S/C25H20O4/c1-15-7-9-19(10-8-15)25(27)29-21-12-11-20-23(26)22(28-24(20)17(21)3)14-18-6-4-5-16(2)13-18/h4-14H,1-3H3/b22-14-. The zero-order chi connectivity index (χ0) is 20.5. The maximum Gasteiger partial charge on any atom is 0.343 e. The van der Waals surface area contributed by atoms with Crippen LogP contribution < -0.4 is 9.47 Å². The molecule has 144 valence electrons. The number of benzene rings is 3. The van der Waals surface area contributed by atoms with E-state index < -0.39 is 5.97 Å². The van der Waals surface area contributed by atoms with Gasteiger partial charge >= 0.3 is 5.97 Å². The number of hydrogen-bond acceptors (Lipinski definition) is 4. The normalized spacial score (nSPS) is 13.9. The summed E-state index contributed by atoms with van der Waals surface area (Å²) in [6.07, 6.45) is 1.73. The summed E-state index contributed by atoms with van der Waals surface area (Å²) in [6.45, 7) is 5.72. The number of esters is 1. The fourth-order valence-electron chi connectivity index (χ4n) is 3.24. The van der Waals surface area contributed by atoms with Crippen molar-refractivity contribution in [3.05, 3.63) is 99.8 Å². The smallest absolute Gasteiger partial charge is 0.343 e. The zero-order valence-corrected chi connectivity index (χ0v) is 16.5. The van der Waals surface area contributed by atoms with Crippen LogP contribution in [0, 0.1) is 20.8 Å². The van der Waals surface area contributed by atoms with Crippen molar-refractivity contribution >= 4 is 17.8 Å². The van der Waals surface area contributed by atoms with Crippen LogP contribution in [-0.2, 0) is 0 Å². The molecule has 0 aliphatic carbocycles. The molecule has 29 heavy (non-hydrogen) atoms. The molecule has 4 heteroatoms. The highest BCUT2D eigenvalue weighted by atomic mass is 16.5. The first-order valence-electron chi connectivity index (χ1n) is 9.36. The third-order valence-electron chi connectivity index (χ3n) is 4.87. The van der Waals surface area contributed by atoms with E-state index in [0.717, 1.165) is 16.7 Å². The van der Waals surface area contributed by atoms with E-state index in [0.29, 0.717) is 28.2 Å². The topological polar surface area (TPSA) is 52.6 Å². The van der Waals surface area contributed by atoms with E-state index in [1.807, 2.05) is 50.2 Å². The molecule has 0 unspecified atom stereocenters. The molecule has 0 atom stereocenters. The van der Waals surface area contributed by atoms with E-state index in [9.17, 15) is 9.59 Å². The maximum absolute atomic E-state index is 12.7. The average Bonchev–Trinajstić information content (AvgIpc) is 3.01. The highest BCUT2D eigenvalue weighted by Gasteiger charge is 2.30. The van der Waals surface area contributed by atoms with Crippen molar-refractivity contribution in [1.29, 1.82) is 0 Å². The van der Waals surface area contributed by atoms with Crippen LogP contribution in [0.4, 0.5) is 0 Å². The molecule has 1 aliphatic rings. The molecule has 0 radical (unpaired) electrons. The molecular weight excluding hydrogens is 364 g/mol. The Bertz CT molecular complexity index is 1150. The Hall–Kier alpha value is -3.66. The molecule has 3 aromatic carbocycles. The van der Waals surface area contributed by atoms with Crippen LogP contribution in [-0.4, -0.2) is 11.8 Å². The number of aryl methyl sites for hydroxylation is 2. The number of fused-ring (bicyclic) bond motifs is 1. The molecule has 0 amide bonds. The predicted octanol–water partition coefficient (Wildman–Crippen LogP) is 5.45. The Balaban J connectivity index is 1.61. The summed E-state index contributed by atoms with van der Waals surface area (Å²) >= 11 is 0. The van der Waals surface area contributed by atoms with Crippen molar-refractivity contribution in [1.82, 2.24) is 0 Å². The second kappa shape index (κ2) is 7.40. The zero-order valence-electron chi connectivity index (χ0n) is 16.5. The summed E-state index contributed by atoms with van der Waals surface area (Å²) in [6, 6.07) is 18.3. The molecule has 0 saturated carbocycles. The van der Waals surface area contributed by atoms with E-state index in [1.54, 1.807) is 37.3 Å². The van der Waals surface area contributed by atoms with Crippen LogP contribution >= 0.6 is 0 Å². The monoisotopic (exact) mass is 384 g/mol. The highest BCUT2D eigenvalue weighted by Crippen LogP contribution is 2.39. The van der Waals surface area contributed by atoms with Crippen LogP contribution in [0.5, 0.6) is 11.5 Å². The number of carbonyl (C=O) groups is 2. The van der Waals surface area contributed by atoms with Crippen LogP contribution in [0.1, 0.15) is 43.0 Å². The first kappa shape index (κ1) is 18.7. The minimum atomic E-state index is -0.451. The second-order valence-corrected chi connectivity index (χ2v) is 7.17. The van der Waals surface area contributed by atoms with Gasteiger partial charge in [0.15, 0.2) is 5.76 Å². The maximum atomic E-state index is 12.7. The van der Waals surface area contributed by atoms with Crippen molar-refractivity contribution in [2.45, 2.75) is 20.8 Å². The number of carbonyl (C=O) groups excluding carboxylic acids is 2. The molecule has 0 aromatic heterocycles. The second-order valence-electron chi connectivity index (χ2n) is 7.17. The van der Waals surface area contributed by atoms with Crippen molar-refractivity contribution in [2.75, 3.05) is 0 Å². The molecule has 1 aliphatic heterocycles. The summed E-state index contributed by atoms with van der Waals surface area (Å²) in [5, 5.41) is 0. The number of ether oxygens (including phenoxy) is 2. The van der Waals surface area contributed by atoms with Gasteiger partial charge in [0.1, 0.15) is 11.5 Å². The van der Waals surface area contributed by atoms with Crippen LogP contribution in [0.2, 0.25) is 0 Å². The molecular formula is C25H20O4. The lowest BCUT2D eigenvalue weighted by Gasteiger charge is -2.10. The van der Waals surface area contributed by atoms with Gasteiger partial charge in [-0.25, -0.2) is 4.79 Å². The van der Waals surface area contributed by atoms with E-state index in [1.165, 1.54) is 0 Å². The van der Waals surface area contributed by atoms with Gasteiger partial charge in [0, 0.05) is 5.56 Å². The minimum Gasteiger partial charge on any atom is -0.452 e. The lowest BCUT2D eigenvalue weighted by Crippen LogP contribution is -2.09. The average molecular weight is 384 g/mol.